The lowest BCUT2D eigenvalue weighted by Gasteiger charge is -2.22. The third kappa shape index (κ3) is 5.00. The van der Waals surface area contributed by atoms with E-state index < -0.39 is 5.41 Å². The van der Waals surface area contributed by atoms with E-state index in [1.54, 1.807) is 0 Å². The minimum atomic E-state index is -0.522. The Morgan fingerprint density at radius 2 is 1.66 bits per heavy atom. The normalized spacial score (nSPS) is 14.9. The summed E-state index contributed by atoms with van der Waals surface area (Å²) < 4.78 is 11.0. The summed E-state index contributed by atoms with van der Waals surface area (Å²) in [4.78, 5) is 27.9. The van der Waals surface area contributed by atoms with Crippen molar-refractivity contribution in [2.75, 3.05) is 19.2 Å². The highest BCUT2D eigenvalue weighted by atomic mass is 16.7. The largest absolute Gasteiger partial charge is 0.454 e. The molecule has 0 bridgehead atoms. The van der Waals surface area contributed by atoms with E-state index in [0.29, 0.717) is 12.3 Å². The summed E-state index contributed by atoms with van der Waals surface area (Å²) in [5.41, 5.74) is 5.60. The van der Waals surface area contributed by atoms with E-state index >= 15 is 0 Å². The molecule has 0 atom stereocenters. The number of carbonyl (C=O) groups is 2. The van der Waals surface area contributed by atoms with Gasteiger partial charge in [0.25, 0.3) is 0 Å². The lowest BCUT2D eigenvalue weighted by molar-refractivity contribution is -0.135. The number of anilines is 1. The first-order valence-corrected chi connectivity index (χ1v) is 13.5. The van der Waals surface area contributed by atoms with Gasteiger partial charge >= 0.3 is 0 Å². The number of rotatable bonds is 9. The molecule has 198 valence electrons. The van der Waals surface area contributed by atoms with Gasteiger partial charge < -0.3 is 19.7 Å². The molecule has 3 aromatic carbocycles. The van der Waals surface area contributed by atoms with E-state index in [1.165, 1.54) is 0 Å². The zero-order valence-corrected chi connectivity index (χ0v) is 22.7. The number of fused-ring (bicyclic) bond motifs is 1. The van der Waals surface area contributed by atoms with Crippen LogP contribution in [-0.4, -0.2) is 30.6 Å². The molecular weight excluding hydrogens is 476 g/mol. The predicted molar refractivity (Wildman–Crippen MR) is 149 cm³/mol. The highest BCUT2D eigenvalue weighted by Crippen LogP contribution is 2.51. The molecule has 0 unspecified atom stereocenters. The maximum atomic E-state index is 13.4. The number of nitrogens with zero attached hydrogens (tertiary/aromatic N) is 1. The Morgan fingerprint density at radius 3 is 2.34 bits per heavy atom. The van der Waals surface area contributed by atoms with Gasteiger partial charge in [0.05, 0.1) is 5.41 Å². The number of carbonyl (C=O) groups excluding carboxylic acids is 2. The summed E-state index contributed by atoms with van der Waals surface area (Å²) >= 11 is 0. The number of hydrogen-bond acceptors (Lipinski definition) is 4. The molecule has 0 spiro atoms. The van der Waals surface area contributed by atoms with E-state index in [9.17, 15) is 9.59 Å². The maximum absolute atomic E-state index is 13.4. The molecule has 3 aromatic rings. The SMILES string of the molecule is CCC(CC)C(=O)N(C)Cc1ccc(-c2cc(NC(=O)C3(c4ccc5c(c4)OCO5)CC3)ccc2C)cc1. The van der Waals surface area contributed by atoms with Crippen molar-refractivity contribution in [3.8, 4) is 22.6 Å². The van der Waals surface area contributed by atoms with Crippen LogP contribution in [0.5, 0.6) is 11.5 Å². The van der Waals surface area contributed by atoms with Crippen molar-refractivity contribution in [3.05, 3.63) is 77.4 Å². The predicted octanol–water partition coefficient (Wildman–Crippen LogP) is 6.46. The van der Waals surface area contributed by atoms with Crippen molar-refractivity contribution in [2.24, 2.45) is 5.92 Å². The first kappa shape index (κ1) is 25.8. The number of aryl methyl sites for hydroxylation is 1. The number of ether oxygens (including phenoxy) is 2. The molecule has 38 heavy (non-hydrogen) atoms. The number of nitrogens with one attached hydrogen (secondary N) is 1. The molecule has 6 nitrogen and oxygen atoms in total. The summed E-state index contributed by atoms with van der Waals surface area (Å²) in [5.74, 6) is 1.72. The summed E-state index contributed by atoms with van der Waals surface area (Å²) in [6.45, 7) is 7.02. The van der Waals surface area contributed by atoms with Gasteiger partial charge in [-0.05, 0) is 84.7 Å². The van der Waals surface area contributed by atoms with Crippen LogP contribution in [0.3, 0.4) is 0 Å². The summed E-state index contributed by atoms with van der Waals surface area (Å²) in [5, 5.41) is 3.16. The van der Waals surface area contributed by atoms with Gasteiger partial charge in [-0.15, -0.1) is 0 Å². The zero-order valence-electron chi connectivity index (χ0n) is 22.7. The van der Waals surface area contributed by atoms with Gasteiger partial charge in [0.2, 0.25) is 18.6 Å². The Hall–Kier alpha value is -3.80. The lowest BCUT2D eigenvalue weighted by Crippen LogP contribution is -2.32. The Labute approximate surface area is 225 Å². The lowest BCUT2D eigenvalue weighted by atomic mass is 9.94. The monoisotopic (exact) mass is 512 g/mol. The van der Waals surface area contributed by atoms with E-state index in [2.05, 4.69) is 50.4 Å². The van der Waals surface area contributed by atoms with Crippen LogP contribution < -0.4 is 14.8 Å². The molecule has 1 fully saturated rings. The molecular formula is C32H36N2O4. The van der Waals surface area contributed by atoms with Crippen molar-refractivity contribution < 1.29 is 19.1 Å². The second-order valence-corrected chi connectivity index (χ2v) is 10.5. The number of hydrogen-bond donors (Lipinski definition) is 1. The van der Waals surface area contributed by atoms with Gasteiger partial charge in [-0.2, -0.15) is 0 Å². The van der Waals surface area contributed by atoms with Crippen LogP contribution in [-0.2, 0) is 21.5 Å². The quantitative estimate of drug-likeness (QED) is 0.358. The van der Waals surface area contributed by atoms with Gasteiger partial charge in [-0.1, -0.05) is 50.2 Å². The fourth-order valence-corrected chi connectivity index (χ4v) is 5.32. The minimum Gasteiger partial charge on any atom is -0.454 e. The van der Waals surface area contributed by atoms with Gasteiger partial charge in [-0.25, -0.2) is 0 Å². The minimum absolute atomic E-state index is 0.00619. The Bertz CT molecular complexity index is 1340. The average Bonchev–Trinajstić information content (AvgIpc) is 3.61. The fraction of sp³-hybridized carbons (Fsp3) is 0.375. The maximum Gasteiger partial charge on any atom is 0.235 e. The molecule has 2 aliphatic rings. The molecule has 1 N–H and O–H groups in total. The average molecular weight is 513 g/mol. The Morgan fingerprint density at radius 1 is 0.947 bits per heavy atom. The fourth-order valence-electron chi connectivity index (χ4n) is 5.32. The highest BCUT2D eigenvalue weighted by molar-refractivity contribution is 6.02. The molecule has 2 amide bonds. The first-order chi connectivity index (χ1) is 18.3. The number of amides is 2. The topological polar surface area (TPSA) is 67.9 Å². The standard InChI is InChI=1S/C32H36N2O4/c1-5-23(6-2)30(35)34(4)19-22-8-10-24(11-9-22)27-18-26(13-7-21(27)3)33-31(36)32(15-16-32)25-12-14-28-29(17-25)38-20-37-28/h7-14,17-18,23H,5-6,15-16,19-20H2,1-4H3,(H,33,36). The van der Waals surface area contributed by atoms with Crippen LogP contribution in [0.4, 0.5) is 5.69 Å². The van der Waals surface area contributed by atoms with E-state index in [4.69, 9.17) is 9.47 Å². The second-order valence-electron chi connectivity index (χ2n) is 10.5. The van der Waals surface area contributed by atoms with E-state index in [-0.39, 0.29) is 24.5 Å². The Balaban J connectivity index is 1.29. The molecule has 0 radical (unpaired) electrons. The zero-order chi connectivity index (χ0) is 26.9. The molecule has 5 rings (SSSR count). The second kappa shape index (κ2) is 10.5. The summed E-state index contributed by atoms with van der Waals surface area (Å²) in [6, 6.07) is 20.2. The first-order valence-electron chi connectivity index (χ1n) is 13.5. The van der Waals surface area contributed by atoms with Gasteiger partial charge in [0.1, 0.15) is 0 Å². The smallest absolute Gasteiger partial charge is 0.235 e. The van der Waals surface area contributed by atoms with Crippen molar-refractivity contribution in [3.63, 3.8) is 0 Å². The molecule has 0 saturated heterocycles. The summed E-state index contributed by atoms with van der Waals surface area (Å²) in [7, 11) is 1.88. The molecule has 1 saturated carbocycles. The van der Waals surface area contributed by atoms with Gasteiger partial charge in [0, 0.05) is 25.2 Å². The van der Waals surface area contributed by atoms with Crippen molar-refractivity contribution in [1.29, 1.82) is 0 Å². The molecule has 1 aliphatic heterocycles. The van der Waals surface area contributed by atoms with Crippen LogP contribution in [0.25, 0.3) is 11.1 Å². The number of benzene rings is 3. The van der Waals surface area contributed by atoms with Crippen molar-refractivity contribution >= 4 is 17.5 Å². The van der Waals surface area contributed by atoms with Crippen LogP contribution in [0, 0.1) is 12.8 Å². The van der Waals surface area contributed by atoms with Crippen molar-refractivity contribution in [1.82, 2.24) is 4.90 Å². The van der Waals surface area contributed by atoms with Gasteiger partial charge in [-0.3, -0.25) is 9.59 Å². The summed E-state index contributed by atoms with van der Waals surface area (Å²) in [6.07, 6.45) is 3.35. The highest BCUT2D eigenvalue weighted by Gasteiger charge is 2.51. The van der Waals surface area contributed by atoms with Gasteiger partial charge in [0.15, 0.2) is 11.5 Å². The molecule has 6 heteroatoms. The van der Waals surface area contributed by atoms with Crippen LogP contribution >= 0.6 is 0 Å². The third-order valence-corrected chi connectivity index (χ3v) is 8.00. The van der Waals surface area contributed by atoms with Crippen LogP contribution in [0.15, 0.2) is 60.7 Å². The van der Waals surface area contributed by atoms with Crippen molar-refractivity contribution in [2.45, 2.75) is 58.4 Å². The van der Waals surface area contributed by atoms with Crippen LogP contribution in [0.1, 0.15) is 56.2 Å². The molecule has 1 aliphatic carbocycles. The molecule has 1 heterocycles. The van der Waals surface area contributed by atoms with E-state index in [1.807, 2.05) is 48.3 Å². The molecule has 0 aromatic heterocycles. The third-order valence-electron chi connectivity index (χ3n) is 8.00. The van der Waals surface area contributed by atoms with E-state index in [0.717, 1.165) is 64.9 Å². The Kier molecular flexibility index (Phi) is 7.15. The van der Waals surface area contributed by atoms with Crippen LogP contribution in [0.2, 0.25) is 0 Å².